The van der Waals surface area contributed by atoms with E-state index in [0.29, 0.717) is 47.5 Å². The number of carboxylic acids is 2. The van der Waals surface area contributed by atoms with E-state index in [9.17, 15) is 18.8 Å². The molecular weight excluding hydrogens is 593 g/mol. The number of halogens is 1. The molecule has 13 heteroatoms. The number of carbonyl (C=O) groups is 3. The number of rotatable bonds is 7. The SMILES string of the molecule is CN1C(=O)c2c(nn(Cc3ccc(-c4cccc(F)n4)cc3)c2Nc2ccccc2)N2C1=N[C@@H]1CCC[C@@H]12.O=C(O)/C=C/C(=O)O. The van der Waals surface area contributed by atoms with Gasteiger partial charge in [0.05, 0.1) is 24.3 Å². The van der Waals surface area contributed by atoms with Crippen LogP contribution in [0.4, 0.5) is 21.7 Å². The van der Waals surface area contributed by atoms with E-state index >= 15 is 0 Å². The van der Waals surface area contributed by atoms with E-state index in [-0.39, 0.29) is 18.0 Å². The number of aliphatic imine (C=N–C) groups is 1. The summed E-state index contributed by atoms with van der Waals surface area (Å²) < 4.78 is 15.5. The van der Waals surface area contributed by atoms with Crippen molar-refractivity contribution in [3.63, 3.8) is 0 Å². The Morgan fingerprint density at radius 2 is 1.70 bits per heavy atom. The molecule has 0 unspecified atom stereocenters. The monoisotopic (exact) mass is 623 g/mol. The predicted octanol–water partition coefficient (Wildman–Crippen LogP) is 4.77. The maximum atomic E-state index is 13.7. The van der Waals surface area contributed by atoms with Crippen LogP contribution in [0.25, 0.3) is 11.3 Å². The minimum Gasteiger partial charge on any atom is -0.478 e. The molecule has 4 aromatic rings. The number of aliphatic carboxylic acids is 2. The summed E-state index contributed by atoms with van der Waals surface area (Å²) in [7, 11) is 1.79. The lowest BCUT2D eigenvalue weighted by Crippen LogP contribution is -2.51. The van der Waals surface area contributed by atoms with Crippen LogP contribution in [0, 0.1) is 5.95 Å². The lowest BCUT2D eigenvalue weighted by Gasteiger charge is -2.34. The number of carbonyl (C=O) groups excluding carboxylic acids is 1. The lowest BCUT2D eigenvalue weighted by atomic mass is 10.1. The number of pyridine rings is 1. The van der Waals surface area contributed by atoms with Crippen LogP contribution in [-0.2, 0) is 16.1 Å². The van der Waals surface area contributed by atoms with Crippen molar-refractivity contribution in [2.45, 2.75) is 37.9 Å². The maximum absolute atomic E-state index is 13.7. The van der Waals surface area contributed by atoms with E-state index < -0.39 is 17.9 Å². The van der Waals surface area contributed by atoms with E-state index in [1.807, 2.05) is 59.3 Å². The van der Waals surface area contributed by atoms with Crippen LogP contribution < -0.4 is 10.2 Å². The molecule has 46 heavy (non-hydrogen) atoms. The fourth-order valence-corrected chi connectivity index (χ4v) is 5.87. The van der Waals surface area contributed by atoms with Crippen molar-refractivity contribution in [3.05, 3.63) is 102 Å². The molecule has 3 aliphatic rings. The Bertz CT molecular complexity index is 1840. The van der Waals surface area contributed by atoms with E-state index in [1.165, 1.54) is 6.07 Å². The molecule has 0 saturated heterocycles. The smallest absolute Gasteiger partial charge is 0.328 e. The molecule has 1 amide bonds. The van der Waals surface area contributed by atoms with Crippen LogP contribution in [0.2, 0.25) is 0 Å². The Hall–Kier alpha value is -5.85. The van der Waals surface area contributed by atoms with Crippen molar-refractivity contribution in [2.24, 2.45) is 4.99 Å². The molecule has 1 aliphatic carbocycles. The summed E-state index contributed by atoms with van der Waals surface area (Å²) in [5.74, 6) is -1.12. The zero-order valence-electron chi connectivity index (χ0n) is 24.7. The standard InChI is InChI=1S/C29H26FN7O.C4H4O4/c1-35-28(38)25-26(31-20-7-3-2-4-8-20)36(34-27(25)37-23-11-5-10-22(23)33-29(35)37)17-18-13-15-19(16-14-18)21-9-6-12-24(30)32-21;5-3(6)1-2-4(7)8/h2-4,6-9,12-16,22-23,31H,5,10-11,17H2,1H3;1-2H,(H,5,6)(H,7,8)/b;2-1+/t22-,23+;/m1./s1. The molecule has 1 fully saturated rings. The molecule has 3 N–H and O–H groups in total. The third-order valence-electron chi connectivity index (χ3n) is 7.96. The number of nitrogens with zero attached hydrogens (tertiary/aromatic N) is 6. The topological polar surface area (TPSA) is 153 Å². The summed E-state index contributed by atoms with van der Waals surface area (Å²) in [5.41, 5.74) is 3.84. The largest absolute Gasteiger partial charge is 0.478 e. The Morgan fingerprint density at radius 1 is 0.978 bits per heavy atom. The number of aromatic nitrogens is 3. The number of fused-ring (bicyclic) bond motifs is 5. The van der Waals surface area contributed by atoms with E-state index in [1.54, 1.807) is 24.1 Å². The average molecular weight is 624 g/mol. The summed E-state index contributed by atoms with van der Waals surface area (Å²) >= 11 is 0. The normalized spacial score (nSPS) is 18.0. The van der Waals surface area contributed by atoms with Crippen LogP contribution >= 0.6 is 0 Å². The summed E-state index contributed by atoms with van der Waals surface area (Å²) in [5, 5.41) is 24.1. The predicted molar refractivity (Wildman–Crippen MR) is 169 cm³/mol. The molecule has 4 heterocycles. The van der Waals surface area contributed by atoms with Crippen molar-refractivity contribution >= 4 is 41.1 Å². The molecule has 12 nitrogen and oxygen atoms in total. The number of hydrogen-bond acceptors (Lipinski definition) is 8. The molecule has 1 saturated carbocycles. The highest BCUT2D eigenvalue weighted by molar-refractivity contribution is 6.21. The van der Waals surface area contributed by atoms with Crippen LogP contribution in [0.15, 0.2) is 89.9 Å². The minimum absolute atomic E-state index is 0.118. The summed E-state index contributed by atoms with van der Waals surface area (Å²) in [6.45, 7) is 0.449. The average Bonchev–Trinajstić information content (AvgIpc) is 3.74. The van der Waals surface area contributed by atoms with Crippen molar-refractivity contribution in [2.75, 3.05) is 17.3 Å². The van der Waals surface area contributed by atoms with Crippen LogP contribution in [-0.4, -0.2) is 72.8 Å². The van der Waals surface area contributed by atoms with Gasteiger partial charge in [-0.3, -0.25) is 14.6 Å². The van der Waals surface area contributed by atoms with E-state index in [2.05, 4.69) is 15.2 Å². The second-order valence-electron chi connectivity index (χ2n) is 11.0. The first-order valence-corrected chi connectivity index (χ1v) is 14.6. The van der Waals surface area contributed by atoms with Crippen molar-refractivity contribution in [1.82, 2.24) is 19.7 Å². The van der Waals surface area contributed by atoms with Crippen molar-refractivity contribution in [3.8, 4) is 11.3 Å². The summed E-state index contributed by atoms with van der Waals surface area (Å²) in [6.07, 6.45) is 4.30. The first kappa shape index (κ1) is 30.2. The highest BCUT2D eigenvalue weighted by atomic mass is 19.1. The van der Waals surface area contributed by atoms with Gasteiger partial charge in [-0.05, 0) is 49.1 Å². The number of guanidine groups is 1. The van der Waals surface area contributed by atoms with Gasteiger partial charge in [-0.15, -0.1) is 0 Å². The third kappa shape index (κ3) is 6.07. The Kier molecular flexibility index (Phi) is 8.29. The van der Waals surface area contributed by atoms with Crippen LogP contribution in [0.3, 0.4) is 0 Å². The van der Waals surface area contributed by atoms with Gasteiger partial charge in [0.2, 0.25) is 11.9 Å². The van der Waals surface area contributed by atoms with Gasteiger partial charge in [-0.1, -0.05) is 48.5 Å². The van der Waals surface area contributed by atoms with Crippen LogP contribution in [0.1, 0.15) is 35.2 Å². The Labute approximate surface area is 263 Å². The van der Waals surface area contributed by atoms with Gasteiger partial charge < -0.3 is 15.5 Å². The second-order valence-corrected chi connectivity index (χ2v) is 11.0. The van der Waals surface area contributed by atoms with Gasteiger partial charge in [-0.25, -0.2) is 24.2 Å². The molecule has 0 radical (unpaired) electrons. The molecule has 2 aliphatic heterocycles. The summed E-state index contributed by atoms with van der Waals surface area (Å²) in [6, 6.07) is 22.8. The number of benzene rings is 2. The number of para-hydroxylation sites is 1. The van der Waals surface area contributed by atoms with Gasteiger partial charge in [0.1, 0.15) is 11.4 Å². The van der Waals surface area contributed by atoms with Gasteiger partial charge in [-0.2, -0.15) is 9.49 Å². The zero-order valence-corrected chi connectivity index (χ0v) is 24.7. The van der Waals surface area contributed by atoms with Gasteiger partial charge in [0.15, 0.2) is 5.82 Å². The minimum atomic E-state index is -1.26. The number of amides is 1. The molecule has 0 spiro atoms. The lowest BCUT2D eigenvalue weighted by molar-refractivity contribution is -0.134. The van der Waals surface area contributed by atoms with E-state index in [4.69, 9.17) is 20.3 Å². The van der Waals surface area contributed by atoms with Crippen LogP contribution in [0.5, 0.6) is 0 Å². The van der Waals surface area contributed by atoms with Crippen molar-refractivity contribution in [1.29, 1.82) is 0 Å². The molecule has 7 rings (SSSR count). The van der Waals surface area contributed by atoms with Gasteiger partial charge >= 0.3 is 11.9 Å². The highest BCUT2D eigenvalue weighted by Crippen LogP contribution is 2.43. The maximum Gasteiger partial charge on any atom is 0.328 e. The molecular formula is C33H30FN7O5. The second kappa shape index (κ2) is 12.6. The first-order valence-electron chi connectivity index (χ1n) is 14.6. The fraction of sp³-hybridized carbons (Fsp3) is 0.212. The molecule has 0 bridgehead atoms. The number of anilines is 3. The third-order valence-corrected chi connectivity index (χ3v) is 7.96. The van der Waals surface area contributed by atoms with Gasteiger partial charge in [0, 0.05) is 30.5 Å². The first-order chi connectivity index (χ1) is 22.2. The quantitative estimate of drug-likeness (QED) is 0.195. The number of nitrogens with one attached hydrogen (secondary N) is 1. The number of carboxylic acid groups (broad SMARTS) is 2. The zero-order chi connectivity index (χ0) is 32.4. The Balaban J connectivity index is 0.000000414. The fourth-order valence-electron chi connectivity index (χ4n) is 5.87. The Morgan fingerprint density at radius 3 is 2.37 bits per heavy atom. The van der Waals surface area contributed by atoms with Crippen molar-refractivity contribution < 1.29 is 29.0 Å². The van der Waals surface area contributed by atoms with E-state index in [0.717, 1.165) is 36.1 Å². The summed E-state index contributed by atoms with van der Waals surface area (Å²) in [4.78, 5) is 45.5. The molecule has 2 aromatic carbocycles. The number of hydrogen-bond donors (Lipinski definition) is 3. The highest BCUT2D eigenvalue weighted by Gasteiger charge is 2.49. The molecule has 2 atom stereocenters. The molecule has 234 valence electrons. The molecule has 2 aromatic heterocycles. The van der Waals surface area contributed by atoms with Gasteiger partial charge in [0.25, 0.3) is 5.91 Å².